The van der Waals surface area contributed by atoms with Gasteiger partial charge in [0.2, 0.25) is 0 Å². The third-order valence-corrected chi connectivity index (χ3v) is 17.5. The molecule has 0 amide bonds. The van der Waals surface area contributed by atoms with Crippen molar-refractivity contribution in [1.29, 1.82) is 0 Å². The molecule has 2 aliphatic carbocycles. The van der Waals surface area contributed by atoms with Crippen LogP contribution in [0.5, 0.6) is 0 Å². The molecule has 4 nitrogen and oxygen atoms in total. The Labute approximate surface area is 331 Å². The smallest absolute Gasteiger partial charge is 0.141 e. The maximum Gasteiger partial charge on any atom is 0.141 e. The number of benzene rings is 4. The van der Waals surface area contributed by atoms with Crippen LogP contribution in [0.4, 0.5) is 0 Å². The van der Waals surface area contributed by atoms with Gasteiger partial charge in [0.25, 0.3) is 0 Å². The van der Waals surface area contributed by atoms with E-state index in [2.05, 4.69) is 191 Å². The van der Waals surface area contributed by atoms with Gasteiger partial charge in [0, 0.05) is 5.41 Å². The zero-order chi connectivity index (χ0) is 39.2. The van der Waals surface area contributed by atoms with E-state index in [0.717, 1.165) is 38.5 Å². The molecule has 0 radical (unpaired) electrons. The largest absolute Gasteiger partial charge is 0.229 e. The van der Waals surface area contributed by atoms with Crippen LogP contribution in [0.1, 0.15) is 130 Å². The van der Waals surface area contributed by atoms with Crippen LogP contribution >= 0.6 is 0 Å². The van der Waals surface area contributed by atoms with Crippen LogP contribution in [0.3, 0.4) is 0 Å². The van der Waals surface area contributed by atoms with E-state index >= 15 is 0 Å². The molecular formula is C51H64O4. The molecule has 55 heavy (non-hydrogen) atoms. The molecule has 4 heteroatoms. The lowest BCUT2D eigenvalue weighted by Gasteiger charge is -2.73. The highest BCUT2D eigenvalue weighted by atomic mass is 17.3. The van der Waals surface area contributed by atoms with Crippen molar-refractivity contribution in [2.45, 2.75) is 153 Å². The van der Waals surface area contributed by atoms with E-state index in [1.54, 1.807) is 0 Å². The number of hydrogen-bond donors (Lipinski definition) is 0. The summed E-state index contributed by atoms with van der Waals surface area (Å²) < 4.78 is 0. The number of hydrogen-bond acceptors (Lipinski definition) is 4. The first-order valence-electron chi connectivity index (χ1n) is 20.9. The zero-order valence-electron chi connectivity index (χ0n) is 35.1. The Hall–Kier alpha value is -3.28. The summed E-state index contributed by atoms with van der Waals surface area (Å²) in [6.07, 6.45) is 5.34. The maximum absolute atomic E-state index is 6.61. The van der Waals surface area contributed by atoms with Crippen molar-refractivity contribution in [1.82, 2.24) is 0 Å². The Bertz CT molecular complexity index is 1720. The van der Waals surface area contributed by atoms with Gasteiger partial charge < -0.3 is 0 Å². The fraction of sp³-hybridized carbons (Fsp3) is 0.529. The Kier molecular flexibility index (Phi) is 9.03. The van der Waals surface area contributed by atoms with Gasteiger partial charge in [0.05, 0.1) is 0 Å². The first kappa shape index (κ1) is 38.6. The Balaban J connectivity index is 1.17. The Morgan fingerprint density at radius 1 is 0.382 bits per heavy atom. The summed E-state index contributed by atoms with van der Waals surface area (Å²) >= 11 is 0. The van der Waals surface area contributed by atoms with Gasteiger partial charge >= 0.3 is 0 Å². The molecule has 2 saturated heterocycles. The van der Waals surface area contributed by atoms with E-state index in [1.165, 1.54) is 22.3 Å². The molecule has 292 valence electrons. The van der Waals surface area contributed by atoms with E-state index in [1.807, 2.05) is 0 Å². The summed E-state index contributed by atoms with van der Waals surface area (Å²) in [6.45, 7) is 24.5. The van der Waals surface area contributed by atoms with E-state index in [0.29, 0.717) is 0 Å². The molecule has 0 N–H and O–H groups in total. The fourth-order valence-corrected chi connectivity index (χ4v) is 13.3. The van der Waals surface area contributed by atoms with Gasteiger partial charge in [0.1, 0.15) is 23.4 Å². The highest BCUT2D eigenvalue weighted by Gasteiger charge is 2.79. The van der Waals surface area contributed by atoms with Crippen LogP contribution < -0.4 is 0 Å². The Morgan fingerprint density at radius 3 is 0.836 bits per heavy atom. The monoisotopic (exact) mass is 740 g/mol. The molecule has 0 bridgehead atoms. The second kappa shape index (κ2) is 12.9. The van der Waals surface area contributed by atoms with E-state index in [4.69, 9.17) is 19.6 Å². The summed E-state index contributed by atoms with van der Waals surface area (Å²) in [5.74, 6) is 0. The van der Waals surface area contributed by atoms with E-state index in [9.17, 15) is 0 Å². The van der Waals surface area contributed by atoms with Gasteiger partial charge in [-0.25, -0.2) is 19.6 Å². The zero-order valence-corrected chi connectivity index (χ0v) is 35.1. The highest BCUT2D eigenvalue weighted by molar-refractivity contribution is 5.40. The average molecular weight is 741 g/mol. The van der Waals surface area contributed by atoms with E-state index < -0.39 is 16.6 Å². The van der Waals surface area contributed by atoms with Crippen molar-refractivity contribution in [3.63, 3.8) is 0 Å². The van der Waals surface area contributed by atoms with E-state index in [-0.39, 0.29) is 44.7 Å². The van der Waals surface area contributed by atoms with Gasteiger partial charge in [-0.05, 0) is 93.3 Å². The van der Waals surface area contributed by atoms with Crippen molar-refractivity contribution >= 4 is 0 Å². The molecular weight excluding hydrogens is 677 g/mol. The van der Waals surface area contributed by atoms with Crippen LogP contribution in [-0.4, -0.2) is 23.4 Å². The minimum atomic E-state index is -0.512. The lowest BCUT2D eigenvalue weighted by molar-refractivity contribution is -0.600. The van der Waals surface area contributed by atoms with Crippen molar-refractivity contribution in [3.05, 3.63) is 144 Å². The third-order valence-electron chi connectivity index (χ3n) is 17.5. The molecule has 4 atom stereocenters. The average Bonchev–Trinajstić information content (AvgIpc) is 3.17. The summed E-state index contributed by atoms with van der Waals surface area (Å²) in [4.78, 5) is 26.0. The number of fused-ring (bicyclic) bond motifs is 2. The Morgan fingerprint density at radius 2 is 0.636 bits per heavy atom. The second-order valence-electron chi connectivity index (χ2n) is 20.3. The summed E-state index contributed by atoms with van der Waals surface area (Å²) in [6, 6.07) is 44.6. The molecule has 2 saturated carbocycles. The van der Waals surface area contributed by atoms with Crippen LogP contribution in [0.2, 0.25) is 0 Å². The quantitative estimate of drug-likeness (QED) is 0.152. The molecule has 0 aromatic heterocycles. The molecule has 4 fully saturated rings. The van der Waals surface area contributed by atoms with Gasteiger partial charge in [0.15, 0.2) is 0 Å². The molecule has 2 heterocycles. The van der Waals surface area contributed by atoms with Crippen molar-refractivity contribution in [2.75, 3.05) is 0 Å². The topological polar surface area (TPSA) is 36.9 Å². The molecule has 4 aliphatic rings. The molecule has 8 rings (SSSR count). The fourth-order valence-electron chi connectivity index (χ4n) is 13.3. The van der Waals surface area contributed by atoms with Crippen molar-refractivity contribution in [3.8, 4) is 0 Å². The predicted molar refractivity (Wildman–Crippen MR) is 222 cm³/mol. The normalized spacial score (nSPS) is 27.9. The van der Waals surface area contributed by atoms with Gasteiger partial charge in [-0.2, -0.15) is 0 Å². The molecule has 0 spiro atoms. The van der Waals surface area contributed by atoms with Crippen LogP contribution in [0.15, 0.2) is 121 Å². The molecule has 4 aromatic carbocycles. The van der Waals surface area contributed by atoms with Crippen LogP contribution in [-0.2, 0) is 41.2 Å². The minimum absolute atomic E-state index is 0.0883. The standard InChI is InChI=1S/C51H64O4/c1-43(2,37-23-15-11-16-24-37)48(44(3,4)38-25-17-12-18-26-38)31-33-50(41(35-48)52-54-50)47(9,10)51-34-32-49(36-42(51)53-55-51,45(5,6)39-27-19-13-20-28-39)46(7,8)40-29-21-14-22-30-40/h11-30,41-42H,31-36H2,1-10H3. The summed E-state index contributed by atoms with van der Waals surface area (Å²) in [7, 11) is 0. The SMILES string of the molecule is CC(C)(c1ccccc1)C1(C(C)(C)c2ccccc2)CCC2(C(C)(C)C34CCC(C(C)(C)c5ccccc5)(C(C)(C)c5ccccc5)CC3OO4)OOC2C1. The van der Waals surface area contributed by atoms with Crippen molar-refractivity contribution < 1.29 is 19.6 Å². The lowest BCUT2D eigenvalue weighted by atomic mass is 9.39. The molecule has 4 unspecified atom stereocenters. The highest BCUT2D eigenvalue weighted by Crippen LogP contribution is 2.73. The predicted octanol–water partition coefficient (Wildman–Crippen LogP) is 12.4. The third kappa shape index (κ3) is 5.03. The van der Waals surface area contributed by atoms with Gasteiger partial charge in [-0.3, -0.25) is 0 Å². The number of rotatable bonds is 10. The summed E-state index contributed by atoms with van der Waals surface area (Å²) in [5, 5.41) is 0. The van der Waals surface area contributed by atoms with Gasteiger partial charge in [-0.15, -0.1) is 0 Å². The first-order valence-corrected chi connectivity index (χ1v) is 20.9. The lowest BCUT2D eigenvalue weighted by Crippen LogP contribution is -2.81. The van der Waals surface area contributed by atoms with Crippen LogP contribution in [0, 0.1) is 16.2 Å². The second-order valence-corrected chi connectivity index (χ2v) is 20.3. The maximum atomic E-state index is 6.61. The summed E-state index contributed by atoms with van der Waals surface area (Å²) in [5.41, 5.74) is 3.15. The van der Waals surface area contributed by atoms with Crippen molar-refractivity contribution in [2.24, 2.45) is 16.2 Å². The molecule has 2 aliphatic heterocycles. The molecule has 4 aromatic rings. The first-order chi connectivity index (χ1) is 26.0. The minimum Gasteiger partial charge on any atom is -0.229 e. The van der Waals surface area contributed by atoms with Gasteiger partial charge in [-0.1, -0.05) is 191 Å². The van der Waals surface area contributed by atoms with Crippen LogP contribution in [0.25, 0.3) is 0 Å².